The fraction of sp³-hybridized carbons (Fsp3) is 0.308. The Morgan fingerprint density at radius 1 is 1.11 bits per heavy atom. The van der Waals surface area contributed by atoms with Gasteiger partial charge in [0, 0.05) is 46.8 Å². The van der Waals surface area contributed by atoms with E-state index in [1.807, 2.05) is 26.0 Å². The fourth-order valence-electron chi connectivity index (χ4n) is 4.43. The molecule has 0 spiro atoms. The molecule has 2 atom stereocenters. The van der Waals surface area contributed by atoms with Crippen LogP contribution in [-0.2, 0) is 4.74 Å². The van der Waals surface area contributed by atoms with Gasteiger partial charge < -0.3 is 9.64 Å². The molecule has 0 bridgehead atoms. The molecule has 1 aromatic carbocycles. The van der Waals surface area contributed by atoms with Crippen molar-refractivity contribution in [2.45, 2.75) is 39.9 Å². The lowest BCUT2D eigenvalue weighted by molar-refractivity contribution is -0.0177. The molecule has 4 aromatic rings. The van der Waals surface area contributed by atoms with E-state index in [2.05, 4.69) is 14.9 Å². The molecule has 1 aliphatic rings. The van der Waals surface area contributed by atoms with E-state index in [0.29, 0.717) is 35.8 Å². The van der Waals surface area contributed by atoms with Crippen molar-refractivity contribution in [3.05, 3.63) is 86.4 Å². The van der Waals surface area contributed by atoms with Crippen LogP contribution in [0.15, 0.2) is 47.5 Å². The Hall–Kier alpha value is -3.36. The van der Waals surface area contributed by atoms with Gasteiger partial charge in [0.1, 0.15) is 23.4 Å². The molecule has 180 valence electrons. The predicted octanol–water partition coefficient (Wildman–Crippen LogP) is 4.84. The van der Waals surface area contributed by atoms with Crippen LogP contribution in [0.4, 0.5) is 10.2 Å². The SMILES string of the molecule is Cc1cc([C@H]2CN(c3cn4c(=O)c(C)c(C)nc4c(-c4ccc(Cl)cc4F)n3)C[C@@H](C)O2)ccn1. The zero-order chi connectivity index (χ0) is 24.9. The Balaban J connectivity index is 1.68. The number of aryl methyl sites for hydroxylation is 2. The highest BCUT2D eigenvalue weighted by molar-refractivity contribution is 6.30. The zero-order valence-electron chi connectivity index (χ0n) is 19.9. The number of pyridine rings is 1. The molecule has 5 rings (SSSR count). The Morgan fingerprint density at radius 2 is 1.91 bits per heavy atom. The van der Waals surface area contributed by atoms with E-state index >= 15 is 4.39 Å². The highest BCUT2D eigenvalue weighted by atomic mass is 35.5. The van der Waals surface area contributed by atoms with Crippen LogP contribution in [0.1, 0.15) is 35.5 Å². The number of rotatable bonds is 3. The number of ether oxygens (including phenoxy) is 1. The summed E-state index contributed by atoms with van der Waals surface area (Å²) in [5.74, 6) is 0.0111. The van der Waals surface area contributed by atoms with E-state index in [1.165, 1.54) is 10.5 Å². The molecule has 4 heterocycles. The van der Waals surface area contributed by atoms with Crippen molar-refractivity contribution >= 4 is 23.1 Å². The third-order valence-corrected chi connectivity index (χ3v) is 6.56. The first-order valence-corrected chi connectivity index (χ1v) is 11.8. The molecule has 1 fully saturated rings. The third-order valence-electron chi connectivity index (χ3n) is 6.33. The first kappa shape index (κ1) is 23.4. The van der Waals surface area contributed by atoms with Crippen LogP contribution in [0.5, 0.6) is 0 Å². The minimum Gasteiger partial charge on any atom is -0.367 e. The molecule has 0 amide bonds. The summed E-state index contributed by atoms with van der Waals surface area (Å²) >= 11 is 5.99. The first-order valence-electron chi connectivity index (χ1n) is 11.4. The summed E-state index contributed by atoms with van der Waals surface area (Å²) in [6.07, 6.45) is 3.15. The minimum atomic E-state index is -0.531. The molecule has 9 heteroatoms. The summed E-state index contributed by atoms with van der Waals surface area (Å²) in [5, 5.41) is 0.279. The maximum Gasteiger partial charge on any atom is 0.261 e. The van der Waals surface area contributed by atoms with Crippen molar-refractivity contribution in [2.24, 2.45) is 0 Å². The normalized spacial score (nSPS) is 18.3. The minimum absolute atomic E-state index is 0.0926. The number of morpholine rings is 1. The van der Waals surface area contributed by atoms with Gasteiger partial charge in [-0.05, 0) is 63.6 Å². The van der Waals surface area contributed by atoms with Crippen LogP contribution in [0.25, 0.3) is 16.9 Å². The Morgan fingerprint density at radius 3 is 2.66 bits per heavy atom. The average Bonchev–Trinajstić information content (AvgIpc) is 2.82. The molecule has 0 saturated carbocycles. The second kappa shape index (κ2) is 9.02. The van der Waals surface area contributed by atoms with Crippen LogP contribution in [0.3, 0.4) is 0 Å². The molecule has 0 unspecified atom stereocenters. The lowest BCUT2D eigenvalue weighted by atomic mass is 10.1. The van der Waals surface area contributed by atoms with Gasteiger partial charge in [-0.15, -0.1) is 0 Å². The van der Waals surface area contributed by atoms with Gasteiger partial charge in [0.2, 0.25) is 0 Å². The smallest absolute Gasteiger partial charge is 0.261 e. The van der Waals surface area contributed by atoms with Gasteiger partial charge in [-0.3, -0.25) is 14.2 Å². The van der Waals surface area contributed by atoms with Gasteiger partial charge in [-0.2, -0.15) is 0 Å². The molecular formula is C26H25ClFN5O2. The standard InChI is InChI=1S/C26H25ClFN5O2/c1-14-9-18(7-8-29-14)22-12-32(11-15(2)35-22)23-13-33-25(30-17(4)16(3)26(33)34)24(31-23)20-6-5-19(27)10-21(20)28/h5-10,13,15,22H,11-12H2,1-4H3/t15-,22-/m1/s1. The second-order valence-corrected chi connectivity index (χ2v) is 9.40. The molecular weight excluding hydrogens is 469 g/mol. The summed E-state index contributed by atoms with van der Waals surface area (Å²) in [6.45, 7) is 8.51. The van der Waals surface area contributed by atoms with Gasteiger partial charge in [-0.25, -0.2) is 14.4 Å². The van der Waals surface area contributed by atoms with Gasteiger partial charge in [0.15, 0.2) is 5.65 Å². The number of fused-ring (bicyclic) bond motifs is 1. The van der Waals surface area contributed by atoms with Gasteiger partial charge in [-0.1, -0.05) is 11.6 Å². The summed E-state index contributed by atoms with van der Waals surface area (Å²) < 4.78 is 22.7. The Kier molecular flexibility index (Phi) is 6.02. The summed E-state index contributed by atoms with van der Waals surface area (Å²) in [7, 11) is 0. The maximum atomic E-state index is 15.0. The summed E-state index contributed by atoms with van der Waals surface area (Å²) in [4.78, 5) is 29.0. The second-order valence-electron chi connectivity index (χ2n) is 8.96. The number of benzene rings is 1. The topological polar surface area (TPSA) is 72.6 Å². The Bertz CT molecular complexity index is 1510. The van der Waals surface area contributed by atoms with Crippen LogP contribution in [0, 0.1) is 26.6 Å². The van der Waals surface area contributed by atoms with Crippen molar-refractivity contribution in [3.8, 4) is 11.3 Å². The number of halogens is 2. The van der Waals surface area contributed by atoms with Crippen molar-refractivity contribution in [2.75, 3.05) is 18.0 Å². The lowest BCUT2D eigenvalue weighted by Crippen LogP contribution is -2.43. The Labute approximate surface area is 207 Å². The van der Waals surface area contributed by atoms with Crippen molar-refractivity contribution in [1.82, 2.24) is 19.4 Å². The van der Waals surface area contributed by atoms with Crippen molar-refractivity contribution in [3.63, 3.8) is 0 Å². The number of nitrogens with zero attached hydrogens (tertiary/aromatic N) is 5. The van der Waals surface area contributed by atoms with Crippen molar-refractivity contribution in [1.29, 1.82) is 0 Å². The molecule has 0 radical (unpaired) electrons. The lowest BCUT2D eigenvalue weighted by Gasteiger charge is -2.38. The molecule has 0 aliphatic carbocycles. The van der Waals surface area contributed by atoms with Crippen LogP contribution >= 0.6 is 11.6 Å². The summed E-state index contributed by atoms with van der Waals surface area (Å²) in [6, 6.07) is 8.35. The highest BCUT2D eigenvalue weighted by Crippen LogP contribution is 2.32. The number of anilines is 1. The molecule has 0 N–H and O–H groups in total. The van der Waals surface area contributed by atoms with Crippen LogP contribution in [-0.4, -0.2) is 38.5 Å². The molecule has 35 heavy (non-hydrogen) atoms. The molecule has 3 aromatic heterocycles. The number of hydrogen-bond acceptors (Lipinski definition) is 6. The average molecular weight is 494 g/mol. The summed E-state index contributed by atoms with van der Waals surface area (Å²) in [5.41, 5.74) is 3.63. The predicted molar refractivity (Wildman–Crippen MR) is 134 cm³/mol. The molecule has 1 aliphatic heterocycles. The molecule has 1 saturated heterocycles. The fourth-order valence-corrected chi connectivity index (χ4v) is 4.59. The van der Waals surface area contributed by atoms with Gasteiger partial charge >= 0.3 is 0 Å². The molecule has 7 nitrogen and oxygen atoms in total. The van der Waals surface area contributed by atoms with E-state index in [1.54, 1.807) is 38.4 Å². The van der Waals surface area contributed by atoms with E-state index in [4.69, 9.17) is 21.3 Å². The van der Waals surface area contributed by atoms with E-state index < -0.39 is 5.82 Å². The highest BCUT2D eigenvalue weighted by Gasteiger charge is 2.29. The van der Waals surface area contributed by atoms with Gasteiger partial charge in [0.25, 0.3) is 5.56 Å². The van der Waals surface area contributed by atoms with Crippen molar-refractivity contribution < 1.29 is 9.13 Å². The number of hydrogen-bond donors (Lipinski definition) is 0. The monoisotopic (exact) mass is 493 g/mol. The first-order chi connectivity index (χ1) is 16.7. The van der Waals surface area contributed by atoms with Gasteiger partial charge in [0.05, 0.1) is 12.3 Å². The van der Waals surface area contributed by atoms with Crippen LogP contribution < -0.4 is 10.5 Å². The maximum absolute atomic E-state index is 15.0. The quantitative estimate of drug-likeness (QED) is 0.407. The van der Waals surface area contributed by atoms with E-state index in [-0.39, 0.29) is 34.0 Å². The van der Waals surface area contributed by atoms with E-state index in [0.717, 1.165) is 11.3 Å². The van der Waals surface area contributed by atoms with Crippen LogP contribution in [0.2, 0.25) is 5.02 Å². The zero-order valence-corrected chi connectivity index (χ0v) is 20.7. The largest absolute Gasteiger partial charge is 0.367 e. The third kappa shape index (κ3) is 4.39. The van der Waals surface area contributed by atoms with E-state index in [9.17, 15) is 4.79 Å². The number of aromatic nitrogens is 4.